The van der Waals surface area contributed by atoms with Crippen molar-refractivity contribution >= 4 is 21.4 Å². The molecule has 0 bridgehead atoms. The fourth-order valence-electron chi connectivity index (χ4n) is 1.41. The molecule has 2 N–H and O–H groups in total. The molecule has 1 aromatic heterocycles. The lowest BCUT2D eigenvalue weighted by molar-refractivity contribution is 0.536. The molecule has 1 aromatic rings. The Kier molecular flexibility index (Phi) is 5.40. The first kappa shape index (κ1) is 13.6. The molecular formula is C10H18N2O2S2. The van der Waals surface area contributed by atoms with Gasteiger partial charge in [0.05, 0.1) is 5.75 Å². The largest absolute Gasteiger partial charge is 0.308 e. The van der Waals surface area contributed by atoms with E-state index in [1.165, 1.54) is 11.9 Å². The van der Waals surface area contributed by atoms with Crippen molar-refractivity contribution < 1.29 is 8.42 Å². The Labute approximate surface area is 101 Å². The molecule has 0 saturated heterocycles. The zero-order valence-electron chi connectivity index (χ0n) is 9.56. The van der Waals surface area contributed by atoms with Crippen molar-refractivity contribution in [3.63, 3.8) is 0 Å². The summed E-state index contributed by atoms with van der Waals surface area (Å²) in [6.07, 6.45) is 0.958. The molecule has 1 rings (SSSR count). The Balaban J connectivity index is 2.42. The zero-order valence-corrected chi connectivity index (χ0v) is 11.2. The average molecular weight is 262 g/mol. The summed E-state index contributed by atoms with van der Waals surface area (Å²) in [7, 11) is -1.66. The second kappa shape index (κ2) is 6.34. The van der Waals surface area contributed by atoms with Gasteiger partial charge >= 0.3 is 0 Å². The van der Waals surface area contributed by atoms with Gasteiger partial charge in [-0.15, -0.1) is 11.3 Å². The smallest absolute Gasteiger partial charge is 0.212 e. The van der Waals surface area contributed by atoms with Crippen LogP contribution in [0.2, 0.25) is 0 Å². The normalized spacial score (nSPS) is 13.9. The minimum Gasteiger partial charge on any atom is -0.308 e. The highest BCUT2D eigenvalue weighted by atomic mass is 32.2. The van der Waals surface area contributed by atoms with Crippen molar-refractivity contribution in [3.05, 3.63) is 22.4 Å². The Morgan fingerprint density at radius 1 is 1.50 bits per heavy atom. The second-order valence-corrected chi connectivity index (χ2v) is 6.48. The highest BCUT2D eigenvalue weighted by Gasteiger charge is 2.11. The summed E-state index contributed by atoms with van der Waals surface area (Å²) in [4.78, 5) is 1.25. The van der Waals surface area contributed by atoms with Crippen molar-refractivity contribution in [3.8, 4) is 0 Å². The molecule has 6 heteroatoms. The maximum absolute atomic E-state index is 11.2. The van der Waals surface area contributed by atoms with Crippen molar-refractivity contribution in [1.82, 2.24) is 10.0 Å². The molecule has 0 aliphatic heterocycles. The van der Waals surface area contributed by atoms with E-state index in [-0.39, 0.29) is 11.8 Å². The van der Waals surface area contributed by atoms with Crippen molar-refractivity contribution in [2.24, 2.45) is 0 Å². The molecule has 0 radical (unpaired) electrons. The van der Waals surface area contributed by atoms with E-state index in [4.69, 9.17) is 0 Å². The van der Waals surface area contributed by atoms with Crippen LogP contribution in [0.15, 0.2) is 17.5 Å². The second-order valence-electron chi connectivity index (χ2n) is 3.45. The van der Waals surface area contributed by atoms with Crippen LogP contribution in [0.25, 0.3) is 0 Å². The van der Waals surface area contributed by atoms with Gasteiger partial charge in [-0.2, -0.15) is 0 Å². The van der Waals surface area contributed by atoms with E-state index < -0.39 is 10.0 Å². The van der Waals surface area contributed by atoms with E-state index in [9.17, 15) is 8.42 Å². The Hall–Kier alpha value is -0.430. The molecule has 1 heterocycles. The van der Waals surface area contributed by atoms with Gasteiger partial charge in [0.25, 0.3) is 0 Å². The molecule has 0 saturated carbocycles. The Morgan fingerprint density at radius 2 is 2.25 bits per heavy atom. The summed E-state index contributed by atoms with van der Waals surface area (Å²) in [6.45, 7) is 2.56. The number of hydrogen-bond acceptors (Lipinski definition) is 4. The van der Waals surface area contributed by atoms with E-state index in [1.54, 1.807) is 11.3 Å². The topological polar surface area (TPSA) is 58.2 Å². The number of rotatable bonds is 7. The van der Waals surface area contributed by atoms with Gasteiger partial charge in [0.15, 0.2) is 0 Å². The first-order valence-electron chi connectivity index (χ1n) is 5.27. The predicted molar refractivity (Wildman–Crippen MR) is 68.2 cm³/mol. The van der Waals surface area contributed by atoms with Gasteiger partial charge in [-0.3, -0.25) is 0 Å². The molecule has 0 fully saturated rings. The van der Waals surface area contributed by atoms with Gasteiger partial charge in [-0.1, -0.05) is 13.0 Å². The summed E-state index contributed by atoms with van der Waals surface area (Å²) < 4.78 is 24.7. The zero-order chi connectivity index (χ0) is 12.0. The van der Waals surface area contributed by atoms with E-state index >= 15 is 0 Å². The van der Waals surface area contributed by atoms with Gasteiger partial charge in [0.1, 0.15) is 0 Å². The minimum atomic E-state index is -3.10. The Bertz CT molecular complexity index is 387. The number of hydrogen-bond donors (Lipinski definition) is 2. The summed E-state index contributed by atoms with van der Waals surface area (Å²) in [5.41, 5.74) is 0. The third-order valence-electron chi connectivity index (χ3n) is 2.37. The van der Waals surface area contributed by atoms with Crippen LogP contribution in [0.5, 0.6) is 0 Å². The highest BCUT2D eigenvalue weighted by molar-refractivity contribution is 7.89. The summed E-state index contributed by atoms with van der Waals surface area (Å²) >= 11 is 1.69. The third-order valence-corrected chi connectivity index (χ3v) is 4.72. The molecule has 0 amide bonds. The van der Waals surface area contributed by atoms with Gasteiger partial charge < -0.3 is 5.32 Å². The van der Waals surface area contributed by atoms with E-state index in [0.717, 1.165) is 6.42 Å². The fraction of sp³-hybridized carbons (Fsp3) is 0.600. The van der Waals surface area contributed by atoms with Crippen molar-refractivity contribution in [2.75, 3.05) is 19.3 Å². The molecule has 0 aromatic carbocycles. The van der Waals surface area contributed by atoms with Crippen LogP contribution in [0.3, 0.4) is 0 Å². The maximum atomic E-state index is 11.2. The van der Waals surface area contributed by atoms with E-state index in [0.29, 0.717) is 6.54 Å². The summed E-state index contributed by atoms with van der Waals surface area (Å²) in [5.74, 6) is 0.116. The van der Waals surface area contributed by atoms with Crippen LogP contribution in [0.1, 0.15) is 24.3 Å². The fourth-order valence-corrected chi connectivity index (χ4v) is 2.88. The first-order valence-corrected chi connectivity index (χ1v) is 7.80. The SMILES string of the molecule is CCC(NCCS(=O)(=O)NC)c1cccs1. The van der Waals surface area contributed by atoms with Crippen molar-refractivity contribution in [1.29, 1.82) is 0 Å². The first-order chi connectivity index (χ1) is 7.59. The molecule has 1 unspecified atom stereocenters. The number of nitrogens with one attached hydrogen (secondary N) is 2. The molecule has 1 atom stereocenters. The van der Waals surface area contributed by atoms with Gasteiger partial charge in [-0.25, -0.2) is 13.1 Å². The van der Waals surface area contributed by atoms with Crippen LogP contribution >= 0.6 is 11.3 Å². The standard InChI is InChI=1S/C10H18N2O2S2/c1-3-9(10-5-4-7-15-10)12-6-8-16(13,14)11-2/h4-5,7,9,11-12H,3,6,8H2,1-2H3. The van der Waals surface area contributed by atoms with Gasteiger partial charge in [0.2, 0.25) is 10.0 Å². The van der Waals surface area contributed by atoms with Crippen LogP contribution in [0, 0.1) is 0 Å². The van der Waals surface area contributed by atoms with Gasteiger partial charge in [-0.05, 0) is 24.9 Å². The summed E-state index contributed by atoms with van der Waals surface area (Å²) in [6, 6.07) is 4.33. The van der Waals surface area contributed by atoms with Crippen molar-refractivity contribution in [2.45, 2.75) is 19.4 Å². The molecule has 0 aliphatic rings. The average Bonchev–Trinajstić information content (AvgIpc) is 2.78. The number of sulfonamides is 1. The van der Waals surface area contributed by atoms with Crippen LogP contribution in [-0.2, 0) is 10.0 Å². The predicted octanol–water partition coefficient (Wildman–Crippen LogP) is 1.34. The van der Waals surface area contributed by atoms with E-state index in [1.807, 2.05) is 11.4 Å². The number of thiophene rings is 1. The van der Waals surface area contributed by atoms with Crippen LogP contribution in [-0.4, -0.2) is 27.8 Å². The molecule has 0 spiro atoms. The molecular weight excluding hydrogens is 244 g/mol. The molecule has 0 aliphatic carbocycles. The minimum absolute atomic E-state index is 0.116. The van der Waals surface area contributed by atoms with Crippen LogP contribution < -0.4 is 10.0 Å². The Morgan fingerprint density at radius 3 is 2.75 bits per heavy atom. The molecule has 4 nitrogen and oxygen atoms in total. The summed E-state index contributed by atoms with van der Waals surface area (Å²) in [5, 5.41) is 5.29. The monoisotopic (exact) mass is 262 g/mol. The van der Waals surface area contributed by atoms with Crippen LogP contribution in [0.4, 0.5) is 0 Å². The lowest BCUT2D eigenvalue weighted by Crippen LogP contribution is -2.31. The molecule has 92 valence electrons. The highest BCUT2D eigenvalue weighted by Crippen LogP contribution is 2.21. The lowest BCUT2D eigenvalue weighted by Gasteiger charge is -2.15. The quantitative estimate of drug-likeness (QED) is 0.779. The maximum Gasteiger partial charge on any atom is 0.212 e. The third kappa shape index (κ3) is 4.21. The lowest BCUT2D eigenvalue weighted by atomic mass is 10.2. The van der Waals surface area contributed by atoms with Gasteiger partial charge in [0, 0.05) is 17.5 Å². The molecule has 16 heavy (non-hydrogen) atoms. The van der Waals surface area contributed by atoms with E-state index in [2.05, 4.69) is 23.0 Å².